The van der Waals surface area contributed by atoms with E-state index in [-0.39, 0.29) is 19.6 Å². The molecular formula is C41H77N2O7P. The predicted molar refractivity (Wildman–Crippen MR) is 213 cm³/mol. The third-order valence-corrected chi connectivity index (χ3v) is 9.64. The zero-order valence-corrected chi connectivity index (χ0v) is 33.3. The first-order valence-electron chi connectivity index (χ1n) is 20.3. The molecule has 0 heterocycles. The van der Waals surface area contributed by atoms with Gasteiger partial charge < -0.3 is 26.2 Å². The molecule has 51 heavy (non-hydrogen) atoms. The predicted octanol–water partition coefficient (Wildman–Crippen LogP) is 9.91. The number of aliphatic hydroxyl groups excluding tert-OH is 2. The molecule has 0 aliphatic heterocycles. The number of aliphatic hydroxyl groups is 2. The van der Waals surface area contributed by atoms with Gasteiger partial charge in [-0.15, -0.1) is 0 Å². The van der Waals surface area contributed by atoms with Gasteiger partial charge in [-0.3, -0.25) is 13.8 Å². The molecule has 0 saturated heterocycles. The molecule has 10 heteroatoms. The monoisotopic (exact) mass is 741 g/mol. The fraction of sp³-hybridized carbons (Fsp3) is 0.780. The molecule has 298 valence electrons. The Kier molecular flexibility index (Phi) is 35.6. The topological polar surface area (TPSA) is 151 Å². The Balaban J connectivity index is 4.45. The molecule has 0 radical (unpaired) electrons. The minimum atomic E-state index is -4.41. The number of hydrogen-bond donors (Lipinski definition) is 5. The van der Waals surface area contributed by atoms with E-state index in [1.165, 1.54) is 77.0 Å². The summed E-state index contributed by atoms with van der Waals surface area (Å²) in [6.45, 7) is 3.88. The first kappa shape index (κ1) is 49.4. The van der Waals surface area contributed by atoms with Crippen molar-refractivity contribution in [1.29, 1.82) is 0 Å². The van der Waals surface area contributed by atoms with Gasteiger partial charge in [0, 0.05) is 6.54 Å². The van der Waals surface area contributed by atoms with Crippen LogP contribution in [0.5, 0.6) is 0 Å². The molecule has 0 aromatic heterocycles. The number of carbonyl (C=O) groups excluding carboxylic acids is 1. The van der Waals surface area contributed by atoms with Gasteiger partial charge in [-0.2, -0.15) is 0 Å². The Morgan fingerprint density at radius 2 is 1.12 bits per heavy atom. The molecule has 1 amide bonds. The molecule has 0 aliphatic carbocycles. The average molecular weight is 741 g/mol. The van der Waals surface area contributed by atoms with E-state index in [0.29, 0.717) is 12.8 Å². The summed E-state index contributed by atoms with van der Waals surface area (Å²) in [6.07, 6.45) is 40.6. The van der Waals surface area contributed by atoms with Gasteiger partial charge in [-0.25, -0.2) is 4.57 Å². The summed E-state index contributed by atoms with van der Waals surface area (Å²) in [5.41, 5.74) is 5.34. The lowest BCUT2D eigenvalue weighted by molar-refractivity contribution is -0.124. The summed E-state index contributed by atoms with van der Waals surface area (Å²) in [5, 5.41) is 23.9. The van der Waals surface area contributed by atoms with Crippen LogP contribution in [0.3, 0.4) is 0 Å². The molecule has 0 saturated carbocycles. The van der Waals surface area contributed by atoms with E-state index in [2.05, 4.69) is 55.6 Å². The Morgan fingerprint density at radius 1 is 0.667 bits per heavy atom. The number of phosphoric acid groups is 1. The van der Waals surface area contributed by atoms with Crippen molar-refractivity contribution in [3.63, 3.8) is 0 Å². The van der Waals surface area contributed by atoms with E-state index in [4.69, 9.17) is 14.8 Å². The zero-order chi connectivity index (χ0) is 37.7. The molecule has 0 aromatic carbocycles. The second kappa shape index (κ2) is 36.8. The van der Waals surface area contributed by atoms with Gasteiger partial charge in [0.15, 0.2) is 0 Å². The van der Waals surface area contributed by atoms with E-state index >= 15 is 0 Å². The van der Waals surface area contributed by atoms with Crippen LogP contribution in [-0.4, -0.2) is 59.0 Å². The molecule has 0 aromatic rings. The van der Waals surface area contributed by atoms with Crippen LogP contribution in [0.4, 0.5) is 0 Å². The summed E-state index contributed by atoms with van der Waals surface area (Å²) in [4.78, 5) is 22.7. The lowest BCUT2D eigenvalue weighted by atomic mass is 10.0. The average Bonchev–Trinajstić information content (AvgIpc) is 3.10. The summed E-state index contributed by atoms with van der Waals surface area (Å²) >= 11 is 0. The van der Waals surface area contributed by atoms with E-state index < -0.39 is 38.6 Å². The van der Waals surface area contributed by atoms with Crippen molar-refractivity contribution in [3.8, 4) is 0 Å². The van der Waals surface area contributed by atoms with Gasteiger partial charge in [0.1, 0.15) is 0 Å². The third-order valence-electron chi connectivity index (χ3n) is 8.66. The smallest absolute Gasteiger partial charge is 0.393 e. The van der Waals surface area contributed by atoms with Crippen molar-refractivity contribution < 1.29 is 33.5 Å². The maximum atomic E-state index is 12.8. The number of nitrogens with two attached hydrogens (primary N) is 1. The SMILES string of the molecule is CCCCC/C=C/CC/C=C/CC/C=C/C(O)C(COP(=O)(O)OCCN)NC(=O)CC(O)CCCCC/C=C\CCCCCCCCCCC. The van der Waals surface area contributed by atoms with Crippen molar-refractivity contribution in [3.05, 3.63) is 48.6 Å². The molecule has 0 rings (SSSR count). The molecule has 4 atom stereocenters. The lowest BCUT2D eigenvalue weighted by Crippen LogP contribution is -2.46. The minimum absolute atomic E-state index is 0.0393. The molecule has 9 nitrogen and oxygen atoms in total. The number of unbranched alkanes of at least 4 members (excludes halogenated alkanes) is 17. The molecule has 0 aliphatic rings. The van der Waals surface area contributed by atoms with Crippen molar-refractivity contribution in [2.24, 2.45) is 5.73 Å². The van der Waals surface area contributed by atoms with Crippen LogP contribution in [0.15, 0.2) is 48.6 Å². The Morgan fingerprint density at radius 3 is 1.67 bits per heavy atom. The highest BCUT2D eigenvalue weighted by molar-refractivity contribution is 7.47. The zero-order valence-electron chi connectivity index (χ0n) is 32.4. The van der Waals surface area contributed by atoms with Crippen LogP contribution in [0.1, 0.15) is 168 Å². The van der Waals surface area contributed by atoms with Gasteiger partial charge in [-0.1, -0.05) is 140 Å². The van der Waals surface area contributed by atoms with E-state index in [0.717, 1.165) is 57.8 Å². The van der Waals surface area contributed by atoms with Crippen molar-refractivity contribution in [1.82, 2.24) is 5.32 Å². The van der Waals surface area contributed by atoms with Crippen molar-refractivity contribution in [2.75, 3.05) is 19.8 Å². The van der Waals surface area contributed by atoms with Crippen LogP contribution < -0.4 is 11.1 Å². The minimum Gasteiger partial charge on any atom is -0.393 e. The molecule has 0 spiro atoms. The maximum absolute atomic E-state index is 12.8. The normalized spacial score (nSPS) is 15.3. The molecule has 0 bridgehead atoms. The number of allylic oxidation sites excluding steroid dienone is 7. The van der Waals surface area contributed by atoms with Gasteiger partial charge in [0.05, 0.1) is 37.9 Å². The first-order valence-corrected chi connectivity index (χ1v) is 21.8. The molecule has 6 N–H and O–H groups in total. The van der Waals surface area contributed by atoms with Crippen LogP contribution in [0, 0.1) is 0 Å². The maximum Gasteiger partial charge on any atom is 0.472 e. The van der Waals surface area contributed by atoms with Crippen LogP contribution in [-0.2, 0) is 18.4 Å². The highest BCUT2D eigenvalue weighted by Gasteiger charge is 2.27. The highest BCUT2D eigenvalue weighted by Crippen LogP contribution is 2.43. The Hall–Kier alpha value is -1.58. The summed E-state index contributed by atoms with van der Waals surface area (Å²) < 4.78 is 22.0. The van der Waals surface area contributed by atoms with E-state index in [1.807, 2.05) is 6.08 Å². The lowest BCUT2D eigenvalue weighted by Gasteiger charge is -2.24. The van der Waals surface area contributed by atoms with E-state index in [9.17, 15) is 24.5 Å². The largest absolute Gasteiger partial charge is 0.472 e. The third kappa shape index (κ3) is 35.2. The summed E-state index contributed by atoms with van der Waals surface area (Å²) in [6, 6.07) is -1.01. The number of amides is 1. The Bertz CT molecular complexity index is 956. The van der Waals surface area contributed by atoms with Gasteiger partial charge in [0.25, 0.3) is 0 Å². The van der Waals surface area contributed by atoms with Crippen molar-refractivity contribution in [2.45, 2.75) is 186 Å². The van der Waals surface area contributed by atoms with Crippen LogP contribution >= 0.6 is 7.82 Å². The number of phosphoric ester groups is 1. The molecule has 4 unspecified atom stereocenters. The fourth-order valence-electron chi connectivity index (χ4n) is 5.55. The van der Waals surface area contributed by atoms with E-state index in [1.54, 1.807) is 6.08 Å². The number of carbonyl (C=O) groups is 1. The van der Waals surface area contributed by atoms with Gasteiger partial charge in [-0.05, 0) is 70.6 Å². The van der Waals surface area contributed by atoms with Crippen molar-refractivity contribution >= 4 is 13.7 Å². The van der Waals surface area contributed by atoms with Gasteiger partial charge >= 0.3 is 7.82 Å². The standard InChI is InChI=1S/C41H77N2O7P/c1-3-5-7-9-11-13-15-17-18-19-21-22-24-26-28-30-32-38(44)36-41(46)43-39(37-50-51(47,48)49-35-34-42)40(45)33-31-29-27-25-23-20-16-14-12-10-8-6-4-2/h12,14,21-23,25,31,33,38-40,44-45H,3-11,13,15-20,24,26-30,32,34-37,42H2,1-2H3,(H,43,46)(H,47,48)/b14-12+,22-21-,25-23+,33-31+. The number of nitrogens with one attached hydrogen (secondary N) is 1. The van der Waals surface area contributed by atoms with Crippen LogP contribution in [0.2, 0.25) is 0 Å². The quantitative estimate of drug-likeness (QED) is 0.0240. The first-order chi connectivity index (χ1) is 24.8. The number of rotatable bonds is 37. The number of hydrogen-bond acceptors (Lipinski definition) is 7. The van der Waals surface area contributed by atoms with Gasteiger partial charge in [0.2, 0.25) is 5.91 Å². The second-order valence-electron chi connectivity index (χ2n) is 13.7. The second-order valence-corrected chi connectivity index (χ2v) is 15.1. The molecule has 0 fully saturated rings. The Labute approximate surface area is 312 Å². The summed E-state index contributed by atoms with van der Waals surface area (Å²) in [5.74, 6) is -0.471. The fourth-order valence-corrected chi connectivity index (χ4v) is 6.31. The summed E-state index contributed by atoms with van der Waals surface area (Å²) in [7, 11) is -4.41. The van der Waals surface area contributed by atoms with Crippen LogP contribution in [0.25, 0.3) is 0 Å². The highest BCUT2D eigenvalue weighted by atomic mass is 31.2. The molecular weight excluding hydrogens is 663 g/mol.